The van der Waals surface area contributed by atoms with Crippen LogP contribution in [0.5, 0.6) is 0 Å². The zero-order valence-corrected chi connectivity index (χ0v) is 11.9. The number of carbonyl (C=O) groups excluding carboxylic acids is 1. The normalized spacial score (nSPS) is 10.7. The van der Waals surface area contributed by atoms with Crippen LogP contribution >= 0.6 is 0 Å². The third kappa shape index (κ3) is 3.37. The molecule has 0 aliphatic rings. The Kier molecular flexibility index (Phi) is 4.05. The lowest BCUT2D eigenvalue weighted by atomic mass is 10.2. The first-order valence-corrected chi connectivity index (χ1v) is 6.75. The summed E-state index contributed by atoms with van der Waals surface area (Å²) in [4.78, 5) is 23.7. The van der Waals surface area contributed by atoms with Crippen LogP contribution in [0.2, 0.25) is 0 Å². The molecule has 8 heteroatoms. The lowest BCUT2D eigenvalue weighted by Gasteiger charge is -2.05. The number of benzene rings is 1. The van der Waals surface area contributed by atoms with Crippen LogP contribution in [-0.4, -0.2) is 15.6 Å². The fraction of sp³-hybridized carbons (Fsp3) is 0.133. The molecule has 7 nitrogen and oxygen atoms in total. The quantitative estimate of drug-likeness (QED) is 0.771. The van der Waals surface area contributed by atoms with Crippen molar-refractivity contribution in [3.63, 3.8) is 0 Å². The van der Waals surface area contributed by atoms with Gasteiger partial charge in [-0.1, -0.05) is 5.16 Å². The molecule has 2 heterocycles. The van der Waals surface area contributed by atoms with E-state index in [0.717, 1.165) is 4.57 Å². The average molecular weight is 317 g/mol. The molecule has 0 bridgehead atoms. The van der Waals surface area contributed by atoms with Crippen LogP contribution in [0.15, 0.2) is 56.4 Å². The van der Waals surface area contributed by atoms with Gasteiger partial charge < -0.3 is 9.73 Å². The molecule has 0 atom stereocenters. The second kappa shape index (κ2) is 6.30. The molecule has 0 saturated heterocycles. The number of aromatic nitrogens is 2. The molecule has 1 amide bonds. The highest BCUT2D eigenvalue weighted by Gasteiger charge is 2.16. The van der Waals surface area contributed by atoms with E-state index in [1.165, 1.54) is 30.5 Å². The van der Waals surface area contributed by atoms with Crippen molar-refractivity contribution in [3.05, 3.63) is 64.8 Å². The number of amides is 1. The predicted octanol–water partition coefficient (Wildman–Crippen LogP) is 1.55. The van der Waals surface area contributed by atoms with Crippen LogP contribution in [0.4, 0.5) is 4.39 Å². The number of furan rings is 1. The minimum Gasteiger partial charge on any atom is -0.467 e. The van der Waals surface area contributed by atoms with Crippen LogP contribution in [0.1, 0.15) is 5.76 Å². The number of nitrogens with zero attached hydrogens (tertiary/aromatic N) is 2. The Balaban J connectivity index is 1.75. The Labute approximate surface area is 129 Å². The average Bonchev–Trinajstić information content (AvgIpc) is 3.17. The predicted molar refractivity (Wildman–Crippen MR) is 76.7 cm³/mol. The Morgan fingerprint density at radius 1 is 1.26 bits per heavy atom. The second-order valence-corrected chi connectivity index (χ2v) is 4.72. The molecule has 3 aromatic rings. The van der Waals surface area contributed by atoms with Crippen LogP contribution in [-0.2, 0) is 17.9 Å². The highest BCUT2D eigenvalue weighted by atomic mass is 19.1. The van der Waals surface area contributed by atoms with E-state index in [1.54, 1.807) is 12.1 Å². The molecule has 0 spiro atoms. The van der Waals surface area contributed by atoms with E-state index in [1.807, 2.05) is 0 Å². The number of halogens is 1. The van der Waals surface area contributed by atoms with Gasteiger partial charge in [-0.15, -0.1) is 0 Å². The van der Waals surface area contributed by atoms with Crippen molar-refractivity contribution >= 4 is 5.91 Å². The summed E-state index contributed by atoms with van der Waals surface area (Å²) < 4.78 is 23.7. The molecule has 0 unspecified atom stereocenters. The van der Waals surface area contributed by atoms with Gasteiger partial charge in [-0.3, -0.25) is 9.32 Å². The van der Waals surface area contributed by atoms with E-state index in [4.69, 9.17) is 4.42 Å². The van der Waals surface area contributed by atoms with Gasteiger partial charge in [0, 0.05) is 5.56 Å². The van der Waals surface area contributed by atoms with Crippen molar-refractivity contribution in [2.75, 3.05) is 0 Å². The Bertz CT molecular complexity index is 850. The third-order valence-corrected chi connectivity index (χ3v) is 3.13. The van der Waals surface area contributed by atoms with E-state index in [2.05, 4.69) is 15.0 Å². The van der Waals surface area contributed by atoms with Gasteiger partial charge >= 0.3 is 5.76 Å². The molecule has 3 rings (SSSR count). The SMILES string of the molecule is O=C(Cn1c(-c2ccc(F)cc2)noc1=O)NCc1ccco1. The third-order valence-electron chi connectivity index (χ3n) is 3.13. The zero-order valence-electron chi connectivity index (χ0n) is 11.9. The molecule has 0 fully saturated rings. The van der Waals surface area contributed by atoms with Gasteiger partial charge in [0.2, 0.25) is 5.91 Å². The number of rotatable bonds is 5. The molecule has 0 aliphatic heterocycles. The van der Waals surface area contributed by atoms with E-state index in [0.29, 0.717) is 11.3 Å². The zero-order chi connectivity index (χ0) is 16.2. The molecule has 0 aliphatic carbocycles. The number of hydrogen-bond donors (Lipinski definition) is 1. The molecule has 2 aromatic heterocycles. The maximum absolute atomic E-state index is 13.0. The molecular formula is C15H12FN3O4. The lowest BCUT2D eigenvalue weighted by Crippen LogP contribution is -2.30. The van der Waals surface area contributed by atoms with Crippen molar-refractivity contribution < 1.29 is 18.1 Å². The van der Waals surface area contributed by atoms with Crippen LogP contribution in [0.25, 0.3) is 11.4 Å². The minimum absolute atomic E-state index is 0.156. The summed E-state index contributed by atoms with van der Waals surface area (Å²) in [5.74, 6) is -0.840. The van der Waals surface area contributed by atoms with Crippen molar-refractivity contribution in [2.24, 2.45) is 0 Å². The van der Waals surface area contributed by atoms with Crippen LogP contribution < -0.4 is 11.1 Å². The van der Waals surface area contributed by atoms with Crippen LogP contribution in [0, 0.1) is 5.82 Å². The number of carbonyl (C=O) groups is 1. The molecule has 0 saturated carbocycles. The van der Waals surface area contributed by atoms with Crippen LogP contribution in [0.3, 0.4) is 0 Å². The van der Waals surface area contributed by atoms with Crippen molar-refractivity contribution in [1.82, 2.24) is 15.0 Å². The number of nitrogens with one attached hydrogen (secondary N) is 1. The summed E-state index contributed by atoms with van der Waals surface area (Å²) in [6.45, 7) is -0.0620. The van der Waals surface area contributed by atoms with E-state index in [-0.39, 0.29) is 18.9 Å². The largest absolute Gasteiger partial charge is 0.467 e. The van der Waals surface area contributed by atoms with Gasteiger partial charge in [-0.05, 0) is 36.4 Å². The molecule has 1 aromatic carbocycles. The van der Waals surface area contributed by atoms with Gasteiger partial charge in [-0.25, -0.2) is 13.8 Å². The Morgan fingerprint density at radius 2 is 2.04 bits per heavy atom. The Hall–Kier alpha value is -3.16. The van der Waals surface area contributed by atoms with E-state index in [9.17, 15) is 14.0 Å². The molecular weight excluding hydrogens is 305 g/mol. The van der Waals surface area contributed by atoms with E-state index < -0.39 is 17.5 Å². The maximum Gasteiger partial charge on any atom is 0.442 e. The monoisotopic (exact) mass is 317 g/mol. The smallest absolute Gasteiger partial charge is 0.442 e. The minimum atomic E-state index is -0.766. The molecule has 1 N–H and O–H groups in total. The van der Waals surface area contributed by atoms with Crippen molar-refractivity contribution in [2.45, 2.75) is 13.1 Å². The summed E-state index contributed by atoms with van der Waals surface area (Å²) in [6.07, 6.45) is 1.50. The van der Waals surface area contributed by atoms with Gasteiger partial charge in [0.25, 0.3) is 0 Å². The second-order valence-electron chi connectivity index (χ2n) is 4.72. The van der Waals surface area contributed by atoms with Gasteiger partial charge in [-0.2, -0.15) is 0 Å². The van der Waals surface area contributed by atoms with Crippen molar-refractivity contribution in [1.29, 1.82) is 0 Å². The summed E-state index contributed by atoms with van der Waals surface area (Å²) in [6, 6.07) is 8.79. The first kappa shape index (κ1) is 14.8. The first-order chi connectivity index (χ1) is 11.1. The summed E-state index contributed by atoms with van der Waals surface area (Å²) >= 11 is 0. The molecule has 118 valence electrons. The first-order valence-electron chi connectivity index (χ1n) is 6.75. The highest BCUT2D eigenvalue weighted by molar-refractivity contribution is 5.76. The van der Waals surface area contributed by atoms with Gasteiger partial charge in [0.15, 0.2) is 5.82 Å². The molecule has 23 heavy (non-hydrogen) atoms. The van der Waals surface area contributed by atoms with Gasteiger partial charge in [0.1, 0.15) is 18.1 Å². The molecule has 0 radical (unpaired) electrons. The highest BCUT2D eigenvalue weighted by Crippen LogP contribution is 2.16. The standard InChI is InChI=1S/C15H12FN3O4/c16-11-5-3-10(4-6-11)14-18-23-15(21)19(14)9-13(20)17-8-12-2-1-7-22-12/h1-7H,8-9H2,(H,17,20). The summed E-state index contributed by atoms with van der Waals surface area (Å²) in [7, 11) is 0. The van der Waals surface area contributed by atoms with E-state index >= 15 is 0 Å². The topological polar surface area (TPSA) is 90.3 Å². The maximum atomic E-state index is 13.0. The fourth-order valence-corrected chi connectivity index (χ4v) is 2.01. The Morgan fingerprint density at radius 3 is 2.74 bits per heavy atom. The lowest BCUT2D eigenvalue weighted by molar-refractivity contribution is -0.122. The summed E-state index contributed by atoms with van der Waals surface area (Å²) in [5.41, 5.74) is 0.469. The summed E-state index contributed by atoms with van der Waals surface area (Å²) in [5, 5.41) is 6.25. The number of hydrogen-bond acceptors (Lipinski definition) is 5. The fourth-order valence-electron chi connectivity index (χ4n) is 2.01. The van der Waals surface area contributed by atoms with Gasteiger partial charge in [0.05, 0.1) is 12.8 Å². The van der Waals surface area contributed by atoms with Crippen molar-refractivity contribution in [3.8, 4) is 11.4 Å².